The summed E-state index contributed by atoms with van der Waals surface area (Å²) < 4.78 is 9.24. The minimum absolute atomic E-state index is 0.0225. The zero-order valence-corrected chi connectivity index (χ0v) is 20.1. The zero-order chi connectivity index (χ0) is 24.1. The zero-order valence-electron chi connectivity index (χ0n) is 19.2. The summed E-state index contributed by atoms with van der Waals surface area (Å²) in [5, 5.41) is 9.92. The first kappa shape index (κ1) is 21.8. The average molecular weight is 492 g/mol. The number of H-pyrrole nitrogens is 1. The van der Waals surface area contributed by atoms with Crippen LogP contribution in [0.3, 0.4) is 0 Å². The molecule has 0 saturated carbocycles. The number of rotatable bonds is 4. The molecular weight excluding hydrogens is 466 g/mol. The molecule has 5 heterocycles. The van der Waals surface area contributed by atoms with Crippen molar-refractivity contribution >= 4 is 50.2 Å². The van der Waals surface area contributed by atoms with E-state index in [0.717, 1.165) is 34.0 Å². The first-order chi connectivity index (χ1) is 17.0. The predicted molar refractivity (Wildman–Crippen MR) is 132 cm³/mol. The van der Waals surface area contributed by atoms with Crippen molar-refractivity contribution in [2.75, 3.05) is 13.1 Å². The summed E-state index contributed by atoms with van der Waals surface area (Å²) in [4.78, 5) is 42.0. The molecule has 2 saturated heterocycles. The number of aromatic amines is 1. The molecule has 2 aliphatic heterocycles. The number of nitrogens with zero attached hydrogens (tertiary/aromatic N) is 3. The van der Waals surface area contributed by atoms with Gasteiger partial charge in [-0.05, 0) is 30.0 Å². The van der Waals surface area contributed by atoms with Crippen molar-refractivity contribution in [3.05, 3.63) is 47.1 Å². The van der Waals surface area contributed by atoms with E-state index >= 15 is 0 Å². The quantitative estimate of drug-likeness (QED) is 0.426. The largest absolute Gasteiger partial charge is 0.488 e. The summed E-state index contributed by atoms with van der Waals surface area (Å²) in [6.45, 7) is 1.25. The molecule has 1 unspecified atom stereocenters. The Balaban J connectivity index is 1.17. The lowest BCUT2D eigenvalue weighted by molar-refractivity contribution is -0.134. The molecule has 10 heteroatoms. The highest BCUT2D eigenvalue weighted by Crippen LogP contribution is 2.35. The summed E-state index contributed by atoms with van der Waals surface area (Å²) in [6, 6.07) is 9.68. The van der Waals surface area contributed by atoms with Gasteiger partial charge in [-0.25, -0.2) is 0 Å². The number of aromatic nitrogens is 3. The van der Waals surface area contributed by atoms with Crippen LogP contribution in [-0.4, -0.2) is 56.6 Å². The smallest absolute Gasteiger partial charge is 0.270 e. The molecule has 9 nitrogen and oxygen atoms in total. The molecule has 0 aliphatic carbocycles. The van der Waals surface area contributed by atoms with E-state index in [9.17, 15) is 14.4 Å². The number of para-hydroxylation sites is 1. The van der Waals surface area contributed by atoms with Gasteiger partial charge in [-0.15, -0.1) is 11.3 Å². The van der Waals surface area contributed by atoms with Crippen LogP contribution < -0.4 is 10.1 Å². The number of aryl methyl sites for hydroxylation is 1. The molecule has 3 aromatic heterocycles. The van der Waals surface area contributed by atoms with Crippen molar-refractivity contribution in [1.82, 2.24) is 25.0 Å². The fraction of sp³-hybridized carbons (Fsp3) is 0.360. The Labute approximate surface area is 205 Å². The Morgan fingerprint density at radius 3 is 2.77 bits per heavy atom. The van der Waals surface area contributed by atoms with E-state index in [-0.39, 0.29) is 23.8 Å². The molecule has 2 N–H and O–H groups in total. The molecule has 2 aliphatic rings. The normalized spacial score (nSPS) is 19.5. The highest BCUT2D eigenvalue weighted by molar-refractivity contribution is 7.17. The number of hydrogen-bond donors (Lipinski definition) is 2. The molecule has 0 radical (unpaired) electrons. The summed E-state index contributed by atoms with van der Waals surface area (Å²) >= 11 is 1.62. The van der Waals surface area contributed by atoms with Crippen molar-refractivity contribution in [3.8, 4) is 5.75 Å². The Morgan fingerprint density at radius 2 is 2.00 bits per heavy atom. The number of imide groups is 1. The van der Waals surface area contributed by atoms with E-state index in [1.54, 1.807) is 16.0 Å². The van der Waals surface area contributed by atoms with Crippen molar-refractivity contribution < 1.29 is 19.1 Å². The Kier molecular flexibility index (Phi) is 5.32. The molecule has 0 bridgehead atoms. The fourth-order valence-electron chi connectivity index (χ4n) is 5.13. The van der Waals surface area contributed by atoms with Gasteiger partial charge >= 0.3 is 0 Å². The number of hydrogen-bond acceptors (Lipinski definition) is 6. The van der Waals surface area contributed by atoms with Crippen LogP contribution in [0.1, 0.15) is 47.8 Å². The number of thiophene rings is 1. The molecule has 4 aromatic rings. The number of benzene rings is 1. The number of carbonyl (C=O) groups is 3. The van der Waals surface area contributed by atoms with Crippen LogP contribution in [0, 0.1) is 0 Å². The average Bonchev–Trinajstić information content (AvgIpc) is 3.54. The first-order valence-corrected chi connectivity index (χ1v) is 12.7. The summed E-state index contributed by atoms with van der Waals surface area (Å²) in [6.07, 6.45) is 2.20. The van der Waals surface area contributed by atoms with Crippen LogP contribution in [0.5, 0.6) is 5.75 Å². The molecule has 180 valence electrons. The minimum atomic E-state index is -0.454. The Hall–Kier alpha value is -3.66. The fourth-order valence-corrected chi connectivity index (χ4v) is 5.91. The molecule has 6 rings (SSSR count). The number of fused-ring (bicyclic) bond motifs is 2. The molecular formula is C25H25N5O4S. The van der Waals surface area contributed by atoms with Gasteiger partial charge in [0.15, 0.2) is 0 Å². The van der Waals surface area contributed by atoms with E-state index in [4.69, 9.17) is 4.74 Å². The van der Waals surface area contributed by atoms with E-state index in [0.29, 0.717) is 43.1 Å². The van der Waals surface area contributed by atoms with Crippen molar-refractivity contribution in [1.29, 1.82) is 0 Å². The van der Waals surface area contributed by atoms with Gasteiger partial charge < -0.3 is 14.6 Å². The summed E-state index contributed by atoms with van der Waals surface area (Å²) in [5.41, 5.74) is 3.13. The number of likely N-dealkylation sites (tertiary alicyclic amines) is 1. The van der Waals surface area contributed by atoms with Gasteiger partial charge in [-0.3, -0.25) is 24.4 Å². The lowest BCUT2D eigenvalue weighted by atomic mass is 9.93. The van der Waals surface area contributed by atoms with Gasteiger partial charge in [-0.2, -0.15) is 5.10 Å². The Bertz CT molecular complexity index is 1430. The monoisotopic (exact) mass is 491 g/mol. The van der Waals surface area contributed by atoms with E-state index in [1.165, 1.54) is 0 Å². The predicted octanol–water partition coefficient (Wildman–Crippen LogP) is 3.32. The van der Waals surface area contributed by atoms with E-state index < -0.39 is 5.92 Å². The van der Waals surface area contributed by atoms with Crippen LogP contribution >= 0.6 is 11.3 Å². The van der Waals surface area contributed by atoms with Crippen LogP contribution in [-0.2, 0) is 16.6 Å². The van der Waals surface area contributed by atoms with Crippen LogP contribution in [0.25, 0.3) is 21.1 Å². The van der Waals surface area contributed by atoms with Gasteiger partial charge in [0, 0.05) is 44.8 Å². The summed E-state index contributed by atoms with van der Waals surface area (Å²) in [5.74, 6) is -0.257. The molecule has 1 atom stereocenters. The summed E-state index contributed by atoms with van der Waals surface area (Å²) in [7, 11) is 1.84. The maximum atomic E-state index is 12.9. The first-order valence-electron chi connectivity index (χ1n) is 11.8. The Morgan fingerprint density at radius 1 is 1.17 bits per heavy atom. The number of piperidine rings is 2. The number of ether oxygens (including phenoxy) is 1. The highest BCUT2D eigenvalue weighted by atomic mass is 32.1. The van der Waals surface area contributed by atoms with Gasteiger partial charge in [-0.1, -0.05) is 12.1 Å². The second-order valence-electron chi connectivity index (χ2n) is 9.16. The third-order valence-electron chi connectivity index (χ3n) is 6.92. The lowest BCUT2D eigenvalue weighted by Crippen LogP contribution is -2.41. The van der Waals surface area contributed by atoms with Crippen molar-refractivity contribution in [2.45, 2.75) is 37.7 Å². The SMILES string of the molecule is Cn1nc(C2CCC(=O)NC2=O)c2cccc(OC3CCN(C(=O)c4cc5sccc5[nH]4)CC3)c21. The molecule has 0 spiro atoms. The van der Waals surface area contributed by atoms with Crippen LogP contribution in [0.2, 0.25) is 0 Å². The number of carbonyl (C=O) groups excluding carboxylic acids is 3. The maximum absolute atomic E-state index is 12.9. The van der Waals surface area contributed by atoms with Crippen LogP contribution in [0.4, 0.5) is 0 Å². The molecule has 1 aromatic carbocycles. The maximum Gasteiger partial charge on any atom is 0.270 e. The highest BCUT2D eigenvalue weighted by Gasteiger charge is 2.32. The van der Waals surface area contributed by atoms with Gasteiger partial charge in [0.1, 0.15) is 23.1 Å². The third kappa shape index (κ3) is 3.87. The van der Waals surface area contributed by atoms with Gasteiger partial charge in [0.25, 0.3) is 5.91 Å². The van der Waals surface area contributed by atoms with E-state index in [1.807, 2.05) is 47.7 Å². The topological polar surface area (TPSA) is 109 Å². The molecule has 3 amide bonds. The van der Waals surface area contributed by atoms with Crippen LogP contribution in [0.15, 0.2) is 35.7 Å². The molecule has 2 fully saturated rings. The standard InChI is InChI=1S/C25H25N5O4S/c1-29-23-15(22(28-29)16-5-6-21(31)27-24(16)32)3-2-4-19(23)34-14-7-10-30(11-8-14)25(33)18-13-20-17(26-18)9-12-35-20/h2-4,9,12-14,16,26H,5-8,10-11H2,1H3,(H,27,31,32). The molecule has 35 heavy (non-hydrogen) atoms. The second kappa shape index (κ2) is 8.53. The number of nitrogens with one attached hydrogen (secondary N) is 2. The minimum Gasteiger partial charge on any atom is -0.488 e. The third-order valence-corrected chi connectivity index (χ3v) is 7.78. The van der Waals surface area contributed by atoms with Crippen molar-refractivity contribution in [3.63, 3.8) is 0 Å². The van der Waals surface area contributed by atoms with Gasteiger partial charge in [0.2, 0.25) is 11.8 Å². The number of amides is 3. The second-order valence-corrected chi connectivity index (χ2v) is 10.1. The lowest BCUT2D eigenvalue weighted by Gasteiger charge is -2.32. The van der Waals surface area contributed by atoms with Gasteiger partial charge in [0.05, 0.1) is 21.8 Å². The van der Waals surface area contributed by atoms with E-state index in [2.05, 4.69) is 15.4 Å². The van der Waals surface area contributed by atoms with Crippen molar-refractivity contribution in [2.24, 2.45) is 7.05 Å².